The van der Waals surface area contributed by atoms with E-state index in [1.807, 2.05) is 18.7 Å². The quantitative estimate of drug-likeness (QED) is 0.137. The summed E-state index contributed by atoms with van der Waals surface area (Å²) in [6.45, 7) is 10.8. The molecule has 0 radical (unpaired) electrons. The second-order valence-electron chi connectivity index (χ2n) is 12.8. The lowest BCUT2D eigenvalue weighted by atomic mass is 9.95. The van der Waals surface area contributed by atoms with Gasteiger partial charge in [-0.15, -0.1) is 0 Å². The molecule has 2 aliphatic heterocycles. The number of hydrogen-bond acceptors (Lipinski definition) is 8. The molecular formula is C36H35F4N5O5. The number of halogens is 4. The van der Waals surface area contributed by atoms with Gasteiger partial charge in [0, 0.05) is 41.8 Å². The summed E-state index contributed by atoms with van der Waals surface area (Å²) in [5.41, 5.74) is -1.72. The molecule has 1 fully saturated rings. The van der Waals surface area contributed by atoms with Crippen molar-refractivity contribution in [2.45, 2.75) is 45.7 Å². The van der Waals surface area contributed by atoms with Crippen molar-refractivity contribution in [2.75, 3.05) is 43.1 Å². The number of benzene rings is 2. The van der Waals surface area contributed by atoms with Crippen LogP contribution in [-0.4, -0.2) is 71.7 Å². The highest BCUT2D eigenvalue weighted by Gasteiger charge is 2.43. The highest BCUT2D eigenvalue weighted by Crippen LogP contribution is 2.46. The van der Waals surface area contributed by atoms with Crippen molar-refractivity contribution in [1.82, 2.24) is 14.5 Å². The number of anilines is 2. The number of carbonyl (C=O) groups excluding carboxylic acids is 2. The fourth-order valence-electron chi connectivity index (χ4n) is 7.16. The summed E-state index contributed by atoms with van der Waals surface area (Å²) in [7, 11) is 1.20. The molecule has 0 N–H and O–H groups in total. The molecule has 0 saturated carbocycles. The van der Waals surface area contributed by atoms with E-state index in [0.717, 1.165) is 28.8 Å². The van der Waals surface area contributed by atoms with Crippen LogP contribution in [0.3, 0.4) is 0 Å². The van der Waals surface area contributed by atoms with Gasteiger partial charge in [-0.2, -0.15) is 0 Å². The fourth-order valence-corrected chi connectivity index (χ4v) is 7.16. The molecule has 10 nitrogen and oxygen atoms in total. The van der Waals surface area contributed by atoms with Crippen LogP contribution in [0, 0.1) is 24.4 Å². The van der Waals surface area contributed by atoms with E-state index < -0.39 is 70.0 Å². The van der Waals surface area contributed by atoms with Crippen LogP contribution in [-0.2, 0) is 14.3 Å². The molecule has 1 saturated heterocycles. The summed E-state index contributed by atoms with van der Waals surface area (Å²) in [4.78, 5) is 53.9. The predicted octanol–water partition coefficient (Wildman–Crippen LogP) is 5.75. The van der Waals surface area contributed by atoms with E-state index in [1.54, 1.807) is 31.0 Å². The van der Waals surface area contributed by atoms with Crippen molar-refractivity contribution in [1.29, 1.82) is 0 Å². The molecule has 0 spiro atoms. The predicted molar refractivity (Wildman–Crippen MR) is 180 cm³/mol. The molecule has 6 rings (SSSR count). The molecular weight excluding hydrogens is 658 g/mol. The Morgan fingerprint density at radius 2 is 1.80 bits per heavy atom. The van der Waals surface area contributed by atoms with E-state index in [2.05, 4.69) is 16.5 Å². The van der Waals surface area contributed by atoms with E-state index in [0.29, 0.717) is 11.3 Å². The summed E-state index contributed by atoms with van der Waals surface area (Å²) in [6, 6.07) is 4.70. The van der Waals surface area contributed by atoms with E-state index in [9.17, 15) is 14.1 Å². The van der Waals surface area contributed by atoms with Crippen LogP contribution in [0.2, 0.25) is 0 Å². The summed E-state index contributed by atoms with van der Waals surface area (Å²) in [6.07, 6.45) is 2.74. The second kappa shape index (κ2) is 13.1. The molecule has 2 aromatic heterocycles. The van der Waals surface area contributed by atoms with Gasteiger partial charge in [-0.05, 0) is 55.7 Å². The standard InChI is InChI=1S/C36H35F4N5O5/c1-7-26(46)43-16-21-15-42(17-27(47)49-6)35-34(44(21)14-20(43)5)22-13-24(38)29(28-23(37)9-8-10-25(28)50-40)30(39)33(22)45(36(35)48)32-19(4)11-12-41-31(32)18(2)3/h7-13,18,20-21H,1,14-17H2,2-6H3/t20-,21+/m1/s1. The number of rotatable bonds is 7. The van der Waals surface area contributed by atoms with Crippen molar-refractivity contribution >= 4 is 34.2 Å². The molecule has 1 amide bonds. The number of piperazine rings is 1. The van der Waals surface area contributed by atoms with Crippen LogP contribution in [0.5, 0.6) is 5.75 Å². The fraction of sp³-hybridized carbons (Fsp3) is 0.333. The van der Waals surface area contributed by atoms with Gasteiger partial charge < -0.3 is 19.4 Å². The maximum atomic E-state index is 17.4. The first-order chi connectivity index (χ1) is 23.8. The minimum atomic E-state index is -1.35. The smallest absolute Gasteiger partial charge is 0.325 e. The van der Waals surface area contributed by atoms with Gasteiger partial charge in [0.2, 0.25) is 5.91 Å². The first-order valence-electron chi connectivity index (χ1n) is 16.0. The number of aryl methyl sites for hydroxylation is 1. The number of esters is 1. The van der Waals surface area contributed by atoms with Crippen LogP contribution in [0.25, 0.3) is 27.7 Å². The van der Waals surface area contributed by atoms with Gasteiger partial charge in [0.05, 0.1) is 46.9 Å². The Morgan fingerprint density at radius 3 is 2.46 bits per heavy atom. The van der Waals surface area contributed by atoms with E-state index in [4.69, 9.17) is 4.74 Å². The number of fused-ring (bicyclic) bond motifs is 5. The molecule has 14 heteroatoms. The Hall–Kier alpha value is -5.40. The SMILES string of the molecule is C=CC(=O)N1C[C@@H]2CN(CC(=O)OC)c3c(c4cc(F)c(-c5c(F)cccc5OF)c(F)c4n(-c4c(C)ccnc4C(C)C)c3=O)N2C[C@H]1C. The first kappa shape index (κ1) is 34.5. The number of pyridine rings is 2. The van der Waals surface area contributed by atoms with E-state index in [-0.39, 0.29) is 53.9 Å². The molecule has 2 aliphatic rings. The molecule has 0 aliphatic carbocycles. The van der Waals surface area contributed by atoms with E-state index >= 15 is 18.0 Å². The number of hydrogen-bond donors (Lipinski definition) is 0. The van der Waals surface area contributed by atoms with Crippen LogP contribution in [0.15, 0.2) is 54.0 Å². The highest BCUT2D eigenvalue weighted by molar-refractivity contribution is 6.04. The van der Waals surface area contributed by atoms with Crippen molar-refractivity contribution in [3.63, 3.8) is 0 Å². The summed E-state index contributed by atoms with van der Waals surface area (Å²) in [5, 5.41) is -0.0781. The zero-order chi connectivity index (χ0) is 36.2. The van der Waals surface area contributed by atoms with Crippen molar-refractivity contribution in [3.8, 4) is 22.6 Å². The third kappa shape index (κ3) is 5.42. The number of methoxy groups -OCH3 is 1. The van der Waals surface area contributed by atoms with Gasteiger partial charge in [-0.1, -0.05) is 26.5 Å². The lowest BCUT2D eigenvalue weighted by Crippen LogP contribution is -2.64. The first-order valence-corrected chi connectivity index (χ1v) is 16.0. The molecule has 0 unspecified atom stereocenters. The Balaban J connectivity index is 1.80. The minimum Gasteiger partial charge on any atom is -0.468 e. The van der Waals surface area contributed by atoms with Gasteiger partial charge in [0.15, 0.2) is 11.6 Å². The summed E-state index contributed by atoms with van der Waals surface area (Å²) >= 11 is 0. The molecule has 262 valence electrons. The zero-order valence-electron chi connectivity index (χ0n) is 28.1. The Morgan fingerprint density at radius 1 is 1.06 bits per heavy atom. The highest BCUT2D eigenvalue weighted by atomic mass is 19.3. The maximum Gasteiger partial charge on any atom is 0.325 e. The number of ether oxygens (including phenoxy) is 1. The van der Waals surface area contributed by atoms with Gasteiger partial charge in [0.25, 0.3) is 5.56 Å². The van der Waals surface area contributed by atoms with Gasteiger partial charge in [-0.25, -0.2) is 13.2 Å². The van der Waals surface area contributed by atoms with E-state index in [1.165, 1.54) is 18.1 Å². The van der Waals surface area contributed by atoms with Gasteiger partial charge >= 0.3 is 5.97 Å². The zero-order valence-corrected chi connectivity index (χ0v) is 28.1. The summed E-state index contributed by atoms with van der Waals surface area (Å²) < 4.78 is 69.0. The molecule has 2 aromatic carbocycles. The number of aromatic nitrogens is 2. The number of nitrogens with zero attached hydrogens (tertiary/aromatic N) is 5. The third-order valence-corrected chi connectivity index (χ3v) is 9.42. The van der Waals surface area contributed by atoms with Crippen LogP contribution in [0.4, 0.5) is 29.1 Å². The number of amides is 1. The molecule has 0 bridgehead atoms. The Kier molecular flexibility index (Phi) is 9.06. The van der Waals surface area contributed by atoms with Gasteiger partial charge in [0.1, 0.15) is 23.9 Å². The molecule has 2 atom stereocenters. The Bertz CT molecular complexity index is 2120. The van der Waals surface area contributed by atoms with Crippen molar-refractivity contribution < 1.29 is 37.0 Å². The lowest BCUT2D eigenvalue weighted by molar-refractivity contribution is -0.139. The maximum absolute atomic E-state index is 17.4. The van der Waals surface area contributed by atoms with Crippen LogP contribution >= 0.6 is 0 Å². The minimum absolute atomic E-state index is 0.0296. The van der Waals surface area contributed by atoms with Crippen molar-refractivity contribution in [2.24, 2.45) is 0 Å². The topological polar surface area (TPSA) is 97.2 Å². The molecule has 50 heavy (non-hydrogen) atoms. The van der Waals surface area contributed by atoms with Gasteiger partial charge in [-0.3, -0.25) is 28.9 Å². The molecule has 4 heterocycles. The third-order valence-electron chi connectivity index (χ3n) is 9.42. The van der Waals surface area contributed by atoms with Crippen LogP contribution < -0.4 is 20.3 Å². The normalized spacial score (nSPS) is 17.1. The lowest BCUT2D eigenvalue weighted by Gasteiger charge is -2.51. The monoisotopic (exact) mass is 693 g/mol. The second-order valence-corrected chi connectivity index (χ2v) is 12.8. The Labute approximate surface area is 285 Å². The average molecular weight is 694 g/mol. The largest absolute Gasteiger partial charge is 0.468 e. The molecule has 4 aromatic rings. The number of carbonyl (C=O) groups is 2. The van der Waals surface area contributed by atoms with Crippen molar-refractivity contribution in [3.05, 3.63) is 88.2 Å². The van der Waals surface area contributed by atoms with Crippen LogP contribution in [0.1, 0.15) is 37.9 Å². The average Bonchev–Trinajstić information content (AvgIpc) is 3.08. The summed E-state index contributed by atoms with van der Waals surface area (Å²) in [5.74, 6) is -5.82.